The van der Waals surface area contributed by atoms with Crippen LogP contribution in [0.2, 0.25) is 0 Å². The maximum absolute atomic E-state index is 4.75. The van der Waals surface area contributed by atoms with Crippen LogP contribution in [0.25, 0.3) is 16.7 Å². The predicted molar refractivity (Wildman–Crippen MR) is 199 cm³/mol. The molecule has 3 aliphatic rings. The van der Waals surface area contributed by atoms with Crippen LogP contribution in [-0.2, 0) is 0 Å². The molecule has 3 heteroatoms. The van der Waals surface area contributed by atoms with Crippen LogP contribution in [0.4, 0.5) is 11.4 Å². The number of fused-ring (bicyclic) bond motifs is 1. The highest BCUT2D eigenvalue weighted by Gasteiger charge is 2.28. The van der Waals surface area contributed by atoms with E-state index in [1.165, 1.54) is 56.1 Å². The summed E-state index contributed by atoms with van der Waals surface area (Å²) in [5.74, 6) is 0.358. The Morgan fingerprint density at radius 1 is 0.696 bits per heavy atom. The van der Waals surface area contributed by atoms with E-state index in [0.29, 0.717) is 5.92 Å². The van der Waals surface area contributed by atoms with Crippen molar-refractivity contribution in [2.45, 2.75) is 50.0 Å². The monoisotopic (exact) mass is 616 g/mol. The SMILES string of the molecule is C/C1=C\C=C(\Nc2ccc(-c3ccccc3)cc2)C(C)N(C2=CC=C(C3=CC=CC(c4ccccc4S)C3)CC2)c2ccccc21. The number of para-hydroxylation sites is 1. The third kappa shape index (κ3) is 6.21. The normalized spacial score (nSPS) is 21.7. The molecule has 0 aromatic heterocycles. The van der Waals surface area contributed by atoms with Crippen molar-refractivity contribution in [2.75, 3.05) is 10.2 Å². The summed E-state index contributed by atoms with van der Waals surface area (Å²) >= 11 is 4.75. The first-order valence-electron chi connectivity index (χ1n) is 16.3. The van der Waals surface area contributed by atoms with Crippen molar-refractivity contribution in [2.24, 2.45) is 0 Å². The van der Waals surface area contributed by atoms with E-state index in [9.17, 15) is 0 Å². The van der Waals surface area contributed by atoms with Crippen LogP contribution in [-0.4, -0.2) is 6.04 Å². The summed E-state index contributed by atoms with van der Waals surface area (Å²) in [6.07, 6.45) is 19.1. The third-order valence-electron chi connectivity index (χ3n) is 9.49. The van der Waals surface area contributed by atoms with Gasteiger partial charge in [0.2, 0.25) is 0 Å². The van der Waals surface area contributed by atoms with Crippen molar-refractivity contribution in [3.63, 3.8) is 0 Å². The topological polar surface area (TPSA) is 15.3 Å². The Kier molecular flexibility index (Phi) is 8.68. The van der Waals surface area contributed by atoms with Crippen molar-refractivity contribution in [3.05, 3.63) is 179 Å². The molecule has 1 aliphatic heterocycles. The highest BCUT2D eigenvalue weighted by molar-refractivity contribution is 7.80. The predicted octanol–water partition coefficient (Wildman–Crippen LogP) is 11.5. The number of allylic oxidation sites excluding steroid dienone is 11. The van der Waals surface area contributed by atoms with E-state index in [-0.39, 0.29) is 6.04 Å². The van der Waals surface area contributed by atoms with Crippen LogP contribution in [0.15, 0.2) is 173 Å². The number of nitrogens with zero attached hydrogens (tertiary/aromatic N) is 1. The van der Waals surface area contributed by atoms with Gasteiger partial charge in [-0.15, -0.1) is 12.6 Å². The second-order valence-electron chi connectivity index (χ2n) is 12.4. The molecular formula is C43H40N2S. The highest BCUT2D eigenvalue weighted by atomic mass is 32.1. The molecule has 7 rings (SSSR count). The Balaban J connectivity index is 1.17. The minimum atomic E-state index is 0.105. The lowest BCUT2D eigenvalue weighted by Gasteiger charge is -2.38. The van der Waals surface area contributed by atoms with Gasteiger partial charge in [-0.3, -0.25) is 0 Å². The molecule has 4 aromatic carbocycles. The van der Waals surface area contributed by atoms with Crippen molar-refractivity contribution in [1.82, 2.24) is 0 Å². The molecule has 2 atom stereocenters. The number of rotatable bonds is 6. The lowest BCUT2D eigenvalue weighted by atomic mass is 9.83. The van der Waals surface area contributed by atoms with E-state index < -0.39 is 0 Å². The molecule has 2 unspecified atom stereocenters. The fourth-order valence-corrected chi connectivity index (χ4v) is 7.25. The van der Waals surface area contributed by atoms with Gasteiger partial charge in [-0.05, 0) is 103 Å². The van der Waals surface area contributed by atoms with Crippen molar-refractivity contribution >= 4 is 29.6 Å². The highest BCUT2D eigenvalue weighted by Crippen LogP contribution is 2.41. The summed E-state index contributed by atoms with van der Waals surface area (Å²) < 4.78 is 0. The van der Waals surface area contributed by atoms with Crippen molar-refractivity contribution in [3.8, 4) is 11.1 Å². The maximum atomic E-state index is 4.75. The van der Waals surface area contributed by atoms with Crippen LogP contribution >= 0.6 is 12.6 Å². The van der Waals surface area contributed by atoms with E-state index in [0.717, 1.165) is 29.8 Å². The first-order valence-corrected chi connectivity index (χ1v) is 16.7. The van der Waals surface area contributed by atoms with Crippen LogP contribution in [0.1, 0.15) is 50.2 Å². The molecule has 1 N–H and O–H groups in total. The van der Waals surface area contributed by atoms with Gasteiger partial charge in [-0.1, -0.05) is 109 Å². The minimum absolute atomic E-state index is 0.105. The molecule has 0 saturated heterocycles. The molecular weight excluding hydrogens is 577 g/mol. The minimum Gasteiger partial charge on any atom is -0.357 e. The average Bonchev–Trinajstić information content (AvgIpc) is 3.11. The lowest BCUT2D eigenvalue weighted by Crippen LogP contribution is -2.37. The zero-order chi connectivity index (χ0) is 31.5. The molecule has 0 spiro atoms. The Hall–Kier alpha value is -4.73. The van der Waals surface area contributed by atoms with Gasteiger partial charge in [0, 0.05) is 39.1 Å². The van der Waals surface area contributed by atoms with Gasteiger partial charge in [-0.25, -0.2) is 0 Å². The van der Waals surface area contributed by atoms with Crippen LogP contribution in [0.3, 0.4) is 0 Å². The van der Waals surface area contributed by atoms with E-state index >= 15 is 0 Å². The fraction of sp³-hybridized carbons (Fsp3) is 0.163. The number of hydrogen-bond donors (Lipinski definition) is 2. The molecule has 0 fully saturated rings. The largest absolute Gasteiger partial charge is 0.357 e. The molecule has 4 aromatic rings. The molecule has 0 saturated carbocycles. The molecule has 2 nitrogen and oxygen atoms in total. The molecule has 2 aliphatic carbocycles. The van der Waals surface area contributed by atoms with Gasteiger partial charge in [0.15, 0.2) is 0 Å². The Morgan fingerprint density at radius 3 is 2.22 bits per heavy atom. The quantitative estimate of drug-likeness (QED) is 0.210. The van der Waals surface area contributed by atoms with Gasteiger partial charge in [-0.2, -0.15) is 0 Å². The molecule has 1 heterocycles. The second-order valence-corrected chi connectivity index (χ2v) is 12.9. The zero-order valence-corrected chi connectivity index (χ0v) is 27.4. The number of hydrogen-bond acceptors (Lipinski definition) is 3. The summed E-state index contributed by atoms with van der Waals surface area (Å²) in [5, 5.41) is 3.79. The number of thiol groups is 1. The maximum Gasteiger partial charge on any atom is 0.0709 e. The summed E-state index contributed by atoms with van der Waals surface area (Å²) in [6, 6.07) is 36.7. The molecule has 0 amide bonds. The van der Waals surface area contributed by atoms with Gasteiger partial charge in [0.05, 0.1) is 6.04 Å². The van der Waals surface area contributed by atoms with Crippen LogP contribution in [0, 0.1) is 0 Å². The molecule has 0 bridgehead atoms. The van der Waals surface area contributed by atoms with E-state index in [1.54, 1.807) is 0 Å². The second kappa shape index (κ2) is 13.3. The Morgan fingerprint density at radius 2 is 1.43 bits per heavy atom. The first-order chi connectivity index (χ1) is 22.5. The first kappa shape index (κ1) is 30.0. The number of nitrogens with one attached hydrogen (secondary N) is 1. The standard InChI is InChI=1S/C43H40N2S/c1-30-19-28-41(44-37-24-20-33(21-25-37)32-11-4-3-5-12-32)31(2)45(42-17-8-6-15-39(30)42)38-26-22-34(23-27-38)35-13-10-14-36(29-35)40-16-7-9-18-43(40)46/h3-22,24-26,28,31,36,44,46H,23,27,29H2,1-2H3/b30-19+,41-28+. The van der Waals surface area contributed by atoms with E-state index in [1.807, 2.05) is 0 Å². The van der Waals surface area contributed by atoms with Gasteiger partial charge in [0.1, 0.15) is 0 Å². The summed E-state index contributed by atoms with van der Waals surface area (Å²) in [4.78, 5) is 3.61. The summed E-state index contributed by atoms with van der Waals surface area (Å²) in [5.41, 5.74) is 14.0. The van der Waals surface area contributed by atoms with Crippen LogP contribution < -0.4 is 10.2 Å². The van der Waals surface area contributed by atoms with Crippen molar-refractivity contribution < 1.29 is 0 Å². The van der Waals surface area contributed by atoms with Crippen LogP contribution in [0.5, 0.6) is 0 Å². The number of anilines is 2. The summed E-state index contributed by atoms with van der Waals surface area (Å²) in [6.45, 7) is 4.53. The Bertz CT molecular complexity index is 1920. The third-order valence-corrected chi connectivity index (χ3v) is 9.89. The van der Waals surface area contributed by atoms with Gasteiger partial charge < -0.3 is 10.2 Å². The average molecular weight is 617 g/mol. The van der Waals surface area contributed by atoms with Crippen molar-refractivity contribution in [1.29, 1.82) is 0 Å². The zero-order valence-electron chi connectivity index (χ0n) is 26.5. The molecule has 46 heavy (non-hydrogen) atoms. The van der Waals surface area contributed by atoms with E-state index in [4.69, 9.17) is 12.6 Å². The van der Waals surface area contributed by atoms with Gasteiger partial charge in [0.25, 0.3) is 0 Å². The fourth-order valence-electron chi connectivity index (χ4n) is 6.93. The van der Waals surface area contributed by atoms with Gasteiger partial charge >= 0.3 is 0 Å². The lowest BCUT2D eigenvalue weighted by molar-refractivity contribution is 0.724. The molecule has 0 radical (unpaired) electrons. The Labute approximate surface area is 279 Å². The summed E-state index contributed by atoms with van der Waals surface area (Å²) in [7, 11) is 0. The smallest absolute Gasteiger partial charge is 0.0709 e. The van der Waals surface area contributed by atoms with E-state index in [2.05, 4.69) is 170 Å². The molecule has 228 valence electrons. The number of benzene rings is 4.